The predicted octanol–water partition coefficient (Wildman–Crippen LogP) is 4.67. The van der Waals surface area contributed by atoms with Crippen LogP contribution in [0.4, 0.5) is 11.4 Å². The molecule has 0 radical (unpaired) electrons. The molecule has 1 amide bonds. The van der Waals surface area contributed by atoms with E-state index in [-0.39, 0.29) is 16.3 Å². The lowest BCUT2D eigenvalue weighted by molar-refractivity contribution is -0.384. The number of halogens is 1. The number of rotatable bonds is 5. The standard InChI is InChI=1S/C23H14ClN7O3/c24-18-8-7-16(31(33)34)13-17(18)23(32)26-15-5-3-4-14(12-15)19-9-10-21-27-28-22(30(21)29-19)20-6-1-2-11-25-20/h1-13H,(H,26,32). The highest BCUT2D eigenvalue weighted by molar-refractivity contribution is 6.34. The molecule has 1 N–H and O–H groups in total. The van der Waals surface area contributed by atoms with Crippen LogP contribution in [0.1, 0.15) is 10.4 Å². The molecule has 3 aromatic heterocycles. The molecule has 0 atom stereocenters. The quantitative estimate of drug-likeness (QED) is 0.291. The highest BCUT2D eigenvalue weighted by Crippen LogP contribution is 2.26. The summed E-state index contributed by atoms with van der Waals surface area (Å²) in [5, 5.41) is 26.9. The minimum absolute atomic E-state index is 0.00491. The van der Waals surface area contributed by atoms with Crippen LogP contribution in [0.5, 0.6) is 0 Å². The fraction of sp³-hybridized carbons (Fsp3) is 0. The van der Waals surface area contributed by atoms with Crippen molar-refractivity contribution in [3.05, 3.63) is 99.7 Å². The third-order valence-electron chi connectivity index (χ3n) is 4.98. The van der Waals surface area contributed by atoms with Gasteiger partial charge in [0.2, 0.25) is 5.82 Å². The van der Waals surface area contributed by atoms with Crippen LogP contribution in [0.2, 0.25) is 5.02 Å². The molecule has 0 aliphatic carbocycles. The van der Waals surface area contributed by atoms with Gasteiger partial charge in [-0.3, -0.25) is 19.9 Å². The lowest BCUT2D eigenvalue weighted by Crippen LogP contribution is -2.13. The molecule has 11 heteroatoms. The van der Waals surface area contributed by atoms with E-state index < -0.39 is 10.8 Å². The number of amides is 1. The van der Waals surface area contributed by atoms with E-state index in [4.69, 9.17) is 11.6 Å². The second-order valence-electron chi connectivity index (χ2n) is 7.18. The Labute approximate surface area is 197 Å². The Morgan fingerprint density at radius 1 is 0.971 bits per heavy atom. The zero-order chi connectivity index (χ0) is 23.7. The largest absolute Gasteiger partial charge is 0.322 e. The van der Waals surface area contributed by atoms with Gasteiger partial charge in [0, 0.05) is 29.6 Å². The second-order valence-corrected chi connectivity index (χ2v) is 7.59. The number of nitrogens with zero attached hydrogens (tertiary/aromatic N) is 6. The number of nitrogens with one attached hydrogen (secondary N) is 1. The van der Waals surface area contributed by atoms with Crippen LogP contribution >= 0.6 is 11.6 Å². The van der Waals surface area contributed by atoms with E-state index in [1.165, 1.54) is 12.1 Å². The highest BCUT2D eigenvalue weighted by Gasteiger charge is 2.17. The van der Waals surface area contributed by atoms with Gasteiger partial charge < -0.3 is 5.32 Å². The van der Waals surface area contributed by atoms with Crippen LogP contribution in [0, 0.1) is 10.1 Å². The first-order valence-corrected chi connectivity index (χ1v) is 10.4. The Morgan fingerprint density at radius 3 is 2.65 bits per heavy atom. The van der Waals surface area contributed by atoms with Gasteiger partial charge in [0.15, 0.2) is 5.65 Å². The van der Waals surface area contributed by atoms with E-state index in [0.717, 1.165) is 11.6 Å². The van der Waals surface area contributed by atoms with E-state index in [2.05, 4.69) is 25.6 Å². The SMILES string of the molecule is O=C(Nc1cccc(-c2ccc3nnc(-c4ccccn4)n3n2)c1)c1cc([N+](=O)[O-])ccc1Cl. The number of carbonyl (C=O) groups is 1. The lowest BCUT2D eigenvalue weighted by Gasteiger charge is -2.09. The van der Waals surface area contributed by atoms with Crippen molar-refractivity contribution in [2.75, 3.05) is 5.32 Å². The Balaban J connectivity index is 1.46. The van der Waals surface area contributed by atoms with Crippen LogP contribution in [0.3, 0.4) is 0 Å². The Morgan fingerprint density at radius 2 is 1.85 bits per heavy atom. The van der Waals surface area contributed by atoms with Crippen LogP contribution in [-0.4, -0.2) is 35.6 Å². The molecule has 0 aliphatic heterocycles. The van der Waals surface area contributed by atoms with E-state index >= 15 is 0 Å². The molecule has 10 nitrogen and oxygen atoms in total. The number of hydrogen-bond donors (Lipinski definition) is 1. The van der Waals surface area contributed by atoms with E-state index in [1.54, 1.807) is 41.0 Å². The van der Waals surface area contributed by atoms with Gasteiger partial charge in [0.05, 0.1) is 21.2 Å². The average molecular weight is 472 g/mol. The first kappa shape index (κ1) is 21.2. The Bertz CT molecular complexity index is 1550. The van der Waals surface area contributed by atoms with Gasteiger partial charge in [-0.1, -0.05) is 29.8 Å². The Hall–Kier alpha value is -4.70. The molecular formula is C23H14ClN7O3. The third kappa shape index (κ3) is 4.05. The number of non-ortho nitro benzene ring substituents is 1. The van der Waals surface area contributed by atoms with Crippen molar-refractivity contribution < 1.29 is 9.72 Å². The summed E-state index contributed by atoms with van der Waals surface area (Å²) in [6, 6.07) is 19.8. The highest BCUT2D eigenvalue weighted by atomic mass is 35.5. The summed E-state index contributed by atoms with van der Waals surface area (Å²) in [5.74, 6) is -0.0623. The smallest absolute Gasteiger partial charge is 0.270 e. The minimum atomic E-state index is -0.584. The number of carbonyl (C=O) groups excluding carboxylic acids is 1. The molecule has 0 spiro atoms. The topological polar surface area (TPSA) is 128 Å². The number of hydrogen-bond acceptors (Lipinski definition) is 7. The number of nitro benzene ring substituents is 1. The average Bonchev–Trinajstić information content (AvgIpc) is 3.28. The lowest BCUT2D eigenvalue weighted by atomic mass is 10.1. The fourth-order valence-corrected chi connectivity index (χ4v) is 3.56. The zero-order valence-corrected chi connectivity index (χ0v) is 18.0. The third-order valence-corrected chi connectivity index (χ3v) is 5.31. The summed E-state index contributed by atoms with van der Waals surface area (Å²) < 4.78 is 1.60. The molecule has 3 heterocycles. The molecule has 2 aromatic carbocycles. The van der Waals surface area contributed by atoms with Gasteiger partial charge in [0.1, 0.15) is 5.69 Å². The van der Waals surface area contributed by atoms with E-state index in [9.17, 15) is 14.9 Å². The maximum Gasteiger partial charge on any atom is 0.270 e. The maximum absolute atomic E-state index is 12.7. The van der Waals surface area contributed by atoms with Crippen molar-refractivity contribution >= 4 is 34.5 Å². The van der Waals surface area contributed by atoms with Crippen LogP contribution in [-0.2, 0) is 0 Å². The normalized spacial score (nSPS) is 10.9. The van der Waals surface area contributed by atoms with Crippen molar-refractivity contribution in [2.24, 2.45) is 0 Å². The van der Waals surface area contributed by atoms with Gasteiger partial charge in [-0.25, -0.2) is 0 Å². The first-order valence-electron chi connectivity index (χ1n) is 9.99. The molecule has 0 unspecified atom stereocenters. The van der Waals surface area contributed by atoms with Gasteiger partial charge in [0.25, 0.3) is 11.6 Å². The molecule has 5 aromatic rings. The van der Waals surface area contributed by atoms with Gasteiger partial charge in [-0.2, -0.15) is 9.61 Å². The molecular weight excluding hydrogens is 458 g/mol. The molecule has 166 valence electrons. The van der Waals surface area contributed by atoms with Crippen LogP contribution < -0.4 is 5.32 Å². The summed E-state index contributed by atoms with van der Waals surface area (Å²) in [6.07, 6.45) is 1.67. The molecule has 0 aliphatic rings. The summed E-state index contributed by atoms with van der Waals surface area (Å²) in [7, 11) is 0. The number of pyridine rings is 1. The van der Waals surface area contributed by atoms with Crippen molar-refractivity contribution in [3.63, 3.8) is 0 Å². The molecule has 0 fully saturated rings. The van der Waals surface area contributed by atoms with Crippen LogP contribution in [0.25, 0.3) is 28.4 Å². The van der Waals surface area contributed by atoms with Crippen molar-refractivity contribution in [1.29, 1.82) is 0 Å². The summed E-state index contributed by atoms with van der Waals surface area (Å²) in [5.41, 5.74) is 2.80. The number of fused-ring (bicyclic) bond motifs is 1. The molecule has 0 saturated carbocycles. The molecule has 0 saturated heterocycles. The number of anilines is 1. The van der Waals surface area contributed by atoms with Gasteiger partial charge in [-0.15, -0.1) is 10.2 Å². The van der Waals surface area contributed by atoms with E-state index in [1.807, 2.05) is 24.3 Å². The second kappa shape index (κ2) is 8.68. The number of nitro groups is 1. The maximum atomic E-state index is 12.7. The molecule has 5 rings (SSSR count). The first-order chi connectivity index (χ1) is 16.5. The van der Waals surface area contributed by atoms with Crippen molar-refractivity contribution in [1.82, 2.24) is 24.8 Å². The van der Waals surface area contributed by atoms with Crippen LogP contribution in [0.15, 0.2) is 79.0 Å². The van der Waals surface area contributed by atoms with Gasteiger partial charge >= 0.3 is 0 Å². The molecule has 34 heavy (non-hydrogen) atoms. The fourth-order valence-electron chi connectivity index (χ4n) is 3.35. The number of benzene rings is 2. The number of aromatic nitrogens is 5. The summed E-state index contributed by atoms with van der Waals surface area (Å²) in [6.45, 7) is 0. The molecule has 0 bridgehead atoms. The zero-order valence-electron chi connectivity index (χ0n) is 17.3. The monoisotopic (exact) mass is 471 g/mol. The minimum Gasteiger partial charge on any atom is -0.322 e. The summed E-state index contributed by atoms with van der Waals surface area (Å²) in [4.78, 5) is 27.5. The van der Waals surface area contributed by atoms with Crippen molar-refractivity contribution in [3.8, 4) is 22.8 Å². The predicted molar refractivity (Wildman–Crippen MR) is 126 cm³/mol. The summed E-state index contributed by atoms with van der Waals surface area (Å²) >= 11 is 6.09. The van der Waals surface area contributed by atoms with E-state index in [0.29, 0.717) is 28.5 Å². The van der Waals surface area contributed by atoms with Crippen molar-refractivity contribution in [2.45, 2.75) is 0 Å². The Kier molecular flexibility index (Phi) is 5.40. The van der Waals surface area contributed by atoms with Gasteiger partial charge in [-0.05, 0) is 42.5 Å².